The highest BCUT2D eigenvalue weighted by molar-refractivity contribution is 8.18. The van der Waals surface area contributed by atoms with E-state index in [1.54, 1.807) is 30.3 Å². The topological polar surface area (TPSA) is 84.9 Å². The predicted molar refractivity (Wildman–Crippen MR) is 117 cm³/mol. The fourth-order valence-electron chi connectivity index (χ4n) is 2.75. The standard InChI is InChI=1S/C21H19ClN2O5S/c1-3-29-16-7-5-4-6-13(16)10-18-20(26)24(21(27)30-18)12-19(25)23-14-8-9-17(28-2)15(22)11-14/h4-11H,3,12H2,1-2H3,(H,23,25). The summed E-state index contributed by atoms with van der Waals surface area (Å²) in [7, 11) is 1.49. The molecule has 0 aromatic heterocycles. The van der Waals surface area contributed by atoms with Crippen LogP contribution in [0, 0.1) is 0 Å². The zero-order chi connectivity index (χ0) is 21.7. The van der Waals surface area contributed by atoms with Crippen LogP contribution in [0.4, 0.5) is 10.5 Å². The van der Waals surface area contributed by atoms with Gasteiger partial charge in [-0.3, -0.25) is 19.3 Å². The van der Waals surface area contributed by atoms with E-state index in [2.05, 4.69) is 5.32 Å². The molecule has 0 aliphatic carbocycles. The third-order valence-electron chi connectivity index (χ3n) is 4.12. The van der Waals surface area contributed by atoms with Crippen molar-refractivity contribution < 1.29 is 23.9 Å². The summed E-state index contributed by atoms with van der Waals surface area (Å²) < 4.78 is 10.6. The molecule has 0 saturated carbocycles. The van der Waals surface area contributed by atoms with Gasteiger partial charge in [0.05, 0.1) is 23.6 Å². The number of methoxy groups -OCH3 is 1. The Morgan fingerprint density at radius 2 is 1.97 bits per heavy atom. The number of thioether (sulfide) groups is 1. The highest BCUT2D eigenvalue weighted by Crippen LogP contribution is 2.34. The van der Waals surface area contributed by atoms with E-state index >= 15 is 0 Å². The van der Waals surface area contributed by atoms with Gasteiger partial charge < -0.3 is 14.8 Å². The number of imide groups is 1. The van der Waals surface area contributed by atoms with Crippen molar-refractivity contribution in [2.24, 2.45) is 0 Å². The predicted octanol–water partition coefficient (Wildman–Crippen LogP) is 4.42. The second-order valence-corrected chi connectivity index (χ2v) is 7.54. The van der Waals surface area contributed by atoms with Gasteiger partial charge in [-0.1, -0.05) is 29.8 Å². The third-order valence-corrected chi connectivity index (χ3v) is 5.32. The van der Waals surface area contributed by atoms with Crippen LogP contribution in [0.15, 0.2) is 47.4 Å². The number of carbonyl (C=O) groups excluding carboxylic acids is 3. The quantitative estimate of drug-likeness (QED) is 0.633. The first-order chi connectivity index (χ1) is 14.4. The summed E-state index contributed by atoms with van der Waals surface area (Å²) in [4.78, 5) is 38.5. The van der Waals surface area contributed by atoms with Crippen LogP contribution in [0.1, 0.15) is 12.5 Å². The number of carbonyl (C=O) groups is 3. The minimum absolute atomic E-state index is 0.229. The monoisotopic (exact) mass is 446 g/mol. The van der Waals surface area contributed by atoms with Crippen LogP contribution in [0.5, 0.6) is 11.5 Å². The van der Waals surface area contributed by atoms with E-state index in [0.717, 1.165) is 16.7 Å². The van der Waals surface area contributed by atoms with Crippen LogP contribution in [0.3, 0.4) is 0 Å². The van der Waals surface area contributed by atoms with Gasteiger partial charge in [0.2, 0.25) is 5.91 Å². The molecular formula is C21H19ClN2O5S. The third kappa shape index (κ3) is 4.95. The Labute approximate surface area is 183 Å². The van der Waals surface area contributed by atoms with E-state index in [-0.39, 0.29) is 4.91 Å². The second-order valence-electron chi connectivity index (χ2n) is 6.14. The molecule has 1 aliphatic rings. The molecule has 0 spiro atoms. The van der Waals surface area contributed by atoms with Crippen LogP contribution >= 0.6 is 23.4 Å². The van der Waals surface area contributed by atoms with Crippen molar-refractivity contribution in [3.63, 3.8) is 0 Å². The Bertz CT molecular complexity index is 1020. The lowest BCUT2D eigenvalue weighted by molar-refractivity contribution is -0.127. The van der Waals surface area contributed by atoms with Gasteiger partial charge in [0.1, 0.15) is 18.0 Å². The summed E-state index contributed by atoms with van der Waals surface area (Å²) in [6, 6.07) is 12.0. The number of amides is 3. The van der Waals surface area contributed by atoms with Crippen molar-refractivity contribution in [3.8, 4) is 11.5 Å². The number of hydrogen-bond donors (Lipinski definition) is 1. The highest BCUT2D eigenvalue weighted by atomic mass is 35.5. The van der Waals surface area contributed by atoms with Crippen molar-refractivity contribution in [2.75, 3.05) is 25.6 Å². The van der Waals surface area contributed by atoms with Gasteiger partial charge in [0.15, 0.2) is 0 Å². The van der Waals surface area contributed by atoms with Gasteiger partial charge in [-0.05, 0) is 49.0 Å². The van der Waals surface area contributed by atoms with E-state index in [1.165, 1.54) is 13.2 Å². The molecule has 0 bridgehead atoms. The summed E-state index contributed by atoms with van der Waals surface area (Å²) in [5.41, 5.74) is 1.11. The molecule has 1 fully saturated rings. The minimum Gasteiger partial charge on any atom is -0.495 e. The summed E-state index contributed by atoms with van der Waals surface area (Å²) in [6.45, 7) is 1.93. The summed E-state index contributed by atoms with van der Waals surface area (Å²) in [5.74, 6) is 0.0349. The van der Waals surface area contributed by atoms with Gasteiger partial charge in [0, 0.05) is 11.3 Å². The Morgan fingerprint density at radius 1 is 1.20 bits per heavy atom. The van der Waals surface area contributed by atoms with Gasteiger partial charge in [-0.2, -0.15) is 0 Å². The zero-order valence-corrected chi connectivity index (χ0v) is 17.9. The molecule has 2 aromatic carbocycles. The van der Waals surface area contributed by atoms with Crippen LogP contribution in [0.25, 0.3) is 6.08 Å². The van der Waals surface area contributed by atoms with E-state index in [1.807, 2.05) is 19.1 Å². The first-order valence-electron chi connectivity index (χ1n) is 9.03. The summed E-state index contributed by atoms with van der Waals surface area (Å²) in [5, 5.41) is 2.44. The van der Waals surface area contributed by atoms with Gasteiger partial charge in [-0.25, -0.2) is 0 Å². The number of para-hydroxylation sites is 1. The lowest BCUT2D eigenvalue weighted by atomic mass is 10.2. The Hall–Kier alpha value is -2.97. The molecule has 7 nitrogen and oxygen atoms in total. The maximum absolute atomic E-state index is 12.7. The van der Waals surface area contributed by atoms with Crippen molar-refractivity contribution in [1.29, 1.82) is 0 Å². The molecule has 1 aliphatic heterocycles. The Kier molecular flexibility index (Phi) is 7.02. The van der Waals surface area contributed by atoms with Crippen LogP contribution in [-0.2, 0) is 9.59 Å². The zero-order valence-electron chi connectivity index (χ0n) is 16.3. The maximum atomic E-state index is 12.7. The molecule has 3 amide bonds. The maximum Gasteiger partial charge on any atom is 0.294 e. The van der Waals surface area contributed by atoms with Crippen molar-refractivity contribution in [2.45, 2.75) is 6.92 Å². The number of nitrogens with zero attached hydrogens (tertiary/aromatic N) is 1. The minimum atomic E-state index is -0.529. The molecule has 1 heterocycles. The molecule has 0 unspecified atom stereocenters. The fourth-order valence-corrected chi connectivity index (χ4v) is 3.84. The van der Waals surface area contributed by atoms with Crippen LogP contribution in [0.2, 0.25) is 5.02 Å². The lowest BCUT2D eigenvalue weighted by Crippen LogP contribution is -2.36. The number of anilines is 1. The number of ether oxygens (including phenoxy) is 2. The van der Waals surface area contributed by atoms with Gasteiger partial charge >= 0.3 is 0 Å². The molecule has 0 radical (unpaired) electrons. The van der Waals surface area contributed by atoms with Crippen LogP contribution in [-0.4, -0.2) is 42.2 Å². The molecule has 9 heteroatoms. The molecular weight excluding hydrogens is 428 g/mol. The van der Waals surface area contributed by atoms with Crippen molar-refractivity contribution in [3.05, 3.63) is 58.0 Å². The van der Waals surface area contributed by atoms with Crippen LogP contribution < -0.4 is 14.8 Å². The number of hydrogen-bond acceptors (Lipinski definition) is 6. The van der Waals surface area contributed by atoms with E-state index < -0.39 is 23.6 Å². The number of rotatable bonds is 7. The molecule has 2 aromatic rings. The molecule has 1 saturated heterocycles. The average molecular weight is 447 g/mol. The molecule has 3 rings (SSSR count). The largest absolute Gasteiger partial charge is 0.495 e. The molecule has 30 heavy (non-hydrogen) atoms. The number of benzene rings is 2. The van der Waals surface area contributed by atoms with Crippen molar-refractivity contribution >= 4 is 52.2 Å². The van der Waals surface area contributed by atoms with E-state index in [0.29, 0.717) is 34.4 Å². The Balaban J connectivity index is 1.71. The first kappa shape index (κ1) is 21.7. The van der Waals surface area contributed by atoms with E-state index in [9.17, 15) is 14.4 Å². The number of halogens is 1. The summed E-state index contributed by atoms with van der Waals surface area (Å²) >= 11 is 6.83. The Morgan fingerprint density at radius 3 is 2.67 bits per heavy atom. The molecule has 1 N–H and O–H groups in total. The normalized spacial score (nSPS) is 14.9. The smallest absolute Gasteiger partial charge is 0.294 e. The first-order valence-corrected chi connectivity index (χ1v) is 10.2. The SMILES string of the molecule is CCOc1ccccc1C=C1SC(=O)N(CC(=O)Nc2ccc(OC)c(Cl)c2)C1=O. The van der Waals surface area contributed by atoms with Crippen molar-refractivity contribution in [1.82, 2.24) is 4.90 Å². The fraction of sp³-hybridized carbons (Fsp3) is 0.190. The lowest BCUT2D eigenvalue weighted by Gasteiger charge is -2.13. The number of nitrogens with one attached hydrogen (secondary N) is 1. The van der Waals surface area contributed by atoms with E-state index in [4.69, 9.17) is 21.1 Å². The second kappa shape index (κ2) is 9.69. The molecule has 156 valence electrons. The van der Waals surface area contributed by atoms with Gasteiger partial charge in [0.25, 0.3) is 11.1 Å². The van der Waals surface area contributed by atoms with Gasteiger partial charge in [-0.15, -0.1) is 0 Å². The average Bonchev–Trinajstić information content (AvgIpc) is 2.97. The summed E-state index contributed by atoms with van der Waals surface area (Å²) in [6.07, 6.45) is 1.59. The highest BCUT2D eigenvalue weighted by Gasteiger charge is 2.36. The molecule has 0 atom stereocenters.